The first-order valence-corrected chi connectivity index (χ1v) is 8.39. The van der Waals surface area contributed by atoms with E-state index in [4.69, 9.17) is 0 Å². The molecule has 2 fully saturated rings. The molecule has 1 aliphatic carbocycles. The molecule has 2 aliphatic rings. The predicted molar refractivity (Wildman–Crippen MR) is 73.1 cm³/mol. The van der Waals surface area contributed by atoms with E-state index < -0.39 is 14.8 Å². The number of rotatable bonds is 6. The van der Waals surface area contributed by atoms with Crippen molar-refractivity contribution in [2.24, 2.45) is 0 Å². The molecular formula is C12H25N3O2S. The van der Waals surface area contributed by atoms with Gasteiger partial charge in [0, 0.05) is 39.3 Å². The van der Waals surface area contributed by atoms with Gasteiger partial charge in [0.15, 0.2) is 0 Å². The zero-order chi connectivity index (χ0) is 13.2. The fraction of sp³-hybridized carbons (Fsp3) is 1.00. The van der Waals surface area contributed by atoms with E-state index in [1.54, 1.807) is 0 Å². The maximum absolute atomic E-state index is 11.9. The highest BCUT2D eigenvalue weighted by molar-refractivity contribution is 7.91. The lowest BCUT2D eigenvalue weighted by molar-refractivity contribution is 0.139. The van der Waals surface area contributed by atoms with E-state index in [1.165, 1.54) is 0 Å². The monoisotopic (exact) mass is 275 g/mol. The van der Waals surface area contributed by atoms with Crippen molar-refractivity contribution in [2.45, 2.75) is 31.4 Å². The summed E-state index contributed by atoms with van der Waals surface area (Å²) >= 11 is 0. The molecule has 0 aromatic heterocycles. The molecule has 0 amide bonds. The molecule has 0 aromatic rings. The van der Waals surface area contributed by atoms with Crippen molar-refractivity contribution in [3.8, 4) is 0 Å². The number of likely N-dealkylation sites (N-methyl/N-ethyl adjacent to an activating group) is 1. The Balaban J connectivity index is 1.67. The summed E-state index contributed by atoms with van der Waals surface area (Å²) in [6, 6.07) is 0. The molecule has 1 N–H and O–H groups in total. The van der Waals surface area contributed by atoms with Gasteiger partial charge in [0.1, 0.15) is 0 Å². The van der Waals surface area contributed by atoms with Crippen LogP contribution in [0.3, 0.4) is 0 Å². The van der Waals surface area contributed by atoms with E-state index in [9.17, 15) is 8.42 Å². The highest BCUT2D eigenvalue weighted by Crippen LogP contribution is 2.41. The lowest BCUT2D eigenvalue weighted by Gasteiger charge is -2.34. The third-order valence-electron chi connectivity index (χ3n) is 4.24. The van der Waals surface area contributed by atoms with Crippen molar-refractivity contribution in [3.63, 3.8) is 0 Å². The molecule has 1 aliphatic heterocycles. The highest BCUT2D eigenvalue weighted by Gasteiger charge is 2.49. The number of piperazine rings is 1. The maximum atomic E-state index is 11.9. The van der Waals surface area contributed by atoms with E-state index in [2.05, 4.69) is 21.4 Å². The first-order chi connectivity index (χ1) is 8.47. The normalized spacial score (nSPS) is 25.2. The Morgan fingerprint density at radius 3 is 2.17 bits per heavy atom. The first-order valence-electron chi connectivity index (χ1n) is 6.91. The van der Waals surface area contributed by atoms with Gasteiger partial charge in [-0.25, -0.2) is 13.1 Å². The summed E-state index contributed by atoms with van der Waals surface area (Å²) in [5.41, 5.74) is 0. The van der Waals surface area contributed by atoms with Crippen molar-refractivity contribution in [2.75, 3.05) is 45.8 Å². The fourth-order valence-corrected chi connectivity index (χ4v) is 3.63. The third-order valence-corrected chi connectivity index (χ3v) is 6.53. The number of nitrogens with zero attached hydrogens (tertiary/aromatic N) is 2. The van der Waals surface area contributed by atoms with Crippen molar-refractivity contribution in [1.29, 1.82) is 0 Å². The Bertz CT molecular complexity index is 371. The van der Waals surface area contributed by atoms with E-state index in [-0.39, 0.29) is 0 Å². The molecule has 5 nitrogen and oxygen atoms in total. The largest absolute Gasteiger partial charge is 0.301 e. The second-order valence-electron chi connectivity index (χ2n) is 5.62. The SMILES string of the molecule is CCN1CCN(CCNS(=O)(=O)C2(C)CC2)CC1. The van der Waals surface area contributed by atoms with Crippen LogP contribution in [-0.2, 0) is 10.0 Å². The van der Waals surface area contributed by atoms with Crippen molar-refractivity contribution in [1.82, 2.24) is 14.5 Å². The molecule has 0 aromatic carbocycles. The van der Waals surface area contributed by atoms with Crippen LogP contribution < -0.4 is 4.72 Å². The smallest absolute Gasteiger partial charge is 0.217 e. The van der Waals surface area contributed by atoms with Crippen LogP contribution in [0.15, 0.2) is 0 Å². The van der Waals surface area contributed by atoms with E-state index >= 15 is 0 Å². The van der Waals surface area contributed by atoms with Gasteiger partial charge in [-0.05, 0) is 26.3 Å². The zero-order valence-corrected chi connectivity index (χ0v) is 12.3. The lowest BCUT2D eigenvalue weighted by atomic mass is 10.3. The topological polar surface area (TPSA) is 52.6 Å². The van der Waals surface area contributed by atoms with Crippen LogP contribution in [0.25, 0.3) is 0 Å². The van der Waals surface area contributed by atoms with Gasteiger partial charge in [-0.3, -0.25) is 4.90 Å². The first kappa shape index (κ1) is 14.2. The van der Waals surface area contributed by atoms with Gasteiger partial charge in [0.2, 0.25) is 10.0 Å². The van der Waals surface area contributed by atoms with Crippen LogP contribution in [0.2, 0.25) is 0 Å². The Labute approximate surface area is 111 Å². The van der Waals surface area contributed by atoms with Crippen LogP contribution in [0, 0.1) is 0 Å². The van der Waals surface area contributed by atoms with Crippen LogP contribution in [-0.4, -0.2) is 68.8 Å². The van der Waals surface area contributed by atoms with Crippen molar-refractivity contribution in [3.05, 3.63) is 0 Å². The van der Waals surface area contributed by atoms with Crippen LogP contribution in [0.5, 0.6) is 0 Å². The van der Waals surface area contributed by atoms with Crippen molar-refractivity contribution >= 4 is 10.0 Å². The van der Waals surface area contributed by atoms with Crippen LogP contribution in [0.1, 0.15) is 26.7 Å². The zero-order valence-electron chi connectivity index (χ0n) is 11.5. The van der Waals surface area contributed by atoms with E-state index in [0.29, 0.717) is 6.54 Å². The number of hydrogen-bond acceptors (Lipinski definition) is 4. The molecule has 0 unspecified atom stereocenters. The summed E-state index contributed by atoms with van der Waals surface area (Å²) in [6.07, 6.45) is 1.61. The van der Waals surface area contributed by atoms with Gasteiger partial charge in [-0.2, -0.15) is 0 Å². The molecule has 106 valence electrons. The lowest BCUT2D eigenvalue weighted by Crippen LogP contribution is -2.48. The van der Waals surface area contributed by atoms with Crippen molar-refractivity contribution < 1.29 is 8.42 Å². The van der Waals surface area contributed by atoms with Gasteiger partial charge in [-0.15, -0.1) is 0 Å². The second kappa shape index (κ2) is 5.45. The molecule has 0 bridgehead atoms. The molecule has 0 radical (unpaired) electrons. The van der Waals surface area contributed by atoms with E-state index in [1.807, 2.05) is 6.92 Å². The Morgan fingerprint density at radius 2 is 1.67 bits per heavy atom. The summed E-state index contributed by atoms with van der Waals surface area (Å²) in [6.45, 7) is 10.8. The summed E-state index contributed by atoms with van der Waals surface area (Å²) < 4.78 is 26.1. The molecule has 0 atom stereocenters. The average molecular weight is 275 g/mol. The molecular weight excluding hydrogens is 250 g/mol. The molecule has 6 heteroatoms. The van der Waals surface area contributed by atoms with Gasteiger partial charge in [0.25, 0.3) is 0 Å². The number of hydrogen-bond donors (Lipinski definition) is 1. The molecule has 1 heterocycles. The quantitative estimate of drug-likeness (QED) is 0.747. The Hall–Kier alpha value is -0.170. The minimum atomic E-state index is -3.09. The molecule has 1 saturated carbocycles. The Morgan fingerprint density at radius 1 is 1.11 bits per heavy atom. The standard InChI is InChI=1S/C12H25N3O2S/c1-3-14-8-10-15(11-9-14)7-6-13-18(16,17)12(2)4-5-12/h13H,3-11H2,1-2H3. The van der Waals surface area contributed by atoms with Crippen LogP contribution in [0.4, 0.5) is 0 Å². The summed E-state index contributed by atoms with van der Waals surface area (Å²) in [5.74, 6) is 0. The van der Waals surface area contributed by atoms with Crippen LogP contribution >= 0.6 is 0 Å². The number of nitrogens with one attached hydrogen (secondary N) is 1. The molecule has 2 rings (SSSR count). The van der Waals surface area contributed by atoms with Gasteiger partial charge in [-0.1, -0.05) is 6.92 Å². The highest BCUT2D eigenvalue weighted by atomic mass is 32.2. The predicted octanol–water partition coefficient (Wildman–Crippen LogP) is 0.0958. The fourth-order valence-electron chi connectivity index (χ4n) is 2.29. The third kappa shape index (κ3) is 3.23. The minimum Gasteiger partial charge on any atom is -0.301 e. The van der Waals surface area contributed by atoms with Gasteiger partial charge < -0.3 is 4.90 Å². The van der Waals surface area contributed by atoms with E-state index in [0.717, 1.165) is 52.1 Å². The van der Waals surface area contributed by atoms with Gasteiger partial charge >= 0.3 is 0 Å². The Kier molecular flexibility index (Phi) is 4.31. The molecule has 0 spiro atoms. The minimum absolute atomic E-state index is 0.478. The summed E-state index contributed by atoms with van der Waals surface area (Å²) in [4.78, 5) is 4.76. The summed E-state index contributed by atoms with van der Waals surface area (Å²) in [5, 5.41) is 0. The van der Waals surface area contributed by atoms with Gasteiger partial charge in [0.05, 0.1) is 4.75 Å². The molecule has 18 heavy (non-hydrogen) atoms. The second-order valence-corrected chi connectivity index (χ2v) is 7.90. The average Bonchev–Trinajstić information content (AvgIpc) is 3.10. The summed E-state index contributed by atoms with van der Waals surface area (Å²) in [7, 11) is -3.09. The number of sulfonamides is 1. The maximum Gasteiger partial charge on any atom is 0.217 e. The molecule has 1 saturated heterocycles.